The van der Waals surface area contributed by atoms with E-state index in [9.17, 15) is 9.18 Å². The van der Waals surface area contributed by atoms with Crippen molar-refractivity contribution in [1.29, 1.82) is 0 Å². The highest BCUT2D eigenvalue weighted by atomic mass is 35.5. The molecule has 0 aliphatic carbocycles. The van der Waals surface area contributed by atoms with Gasteiger partial charge in [0.1, 0.15) is 5.82 Å². The number of nitrogens with zero attached hydrogens (tertiary/aromatic N) is 1. The van der Waals surface area contributed by atoms with Gasteiger partial charge in [0, 0.05) is 13.1 Å². The fourth-order valence-corrected chi connectivity index (χ4v) is 2.53. The number of carbonyl (C=O) groups excluding carboxylic acids is 1. The Labute approximate surface area is 112 Å². The summed E-state index contributed by atoms with van der Waals surface area (Å²) in [5.74, 6) is -0.494. The molecule has 98 valence electrons. The van der Waals surface area contributed by atoms with Gasteiger partial charge in [0.2, 0.25) is 0 Å². The minimum atomic E-state index is -0.413. The summed E-state index contributed by atoms with van der Waals surface area (Å²) in [7, 11) is 0. The molecule has 1 aliphatic rings. The Kier molecular flexibility index (Phi) is 4.59. The number of amides is 1. The summed E-state index contributed by atoms with van der Waals surface area (Å²) in [6, 6.07) is 3.95. The van der Waals surface area contributed by atoms with Crippen LogP contribution in [0, 0.1) is 5.82 Å². The van der Waals surface area contributed by atoms with E-state index in [1.807, 2.05) is 4.90 Å². The first-order valence-corrected chi connectivity index (χ1v) is 6.80. The first-order chi connectivity index (χ1) is 8.68. The molecule has 1 aliphatic heterocycles. The summed E-state index contributed by atoms with van der Waals surface area (Å²) < 4.78 is 13.0. The van der Waals surface area contributed by atoms with E-state index in [1.54, 1.807) is 0 Å². The second-order valence-electron chi connectivity index (χ2n) is 4.68. The van der Waals surface area contributed by atoms with Crippen molar-refractivity contribution in [2.24, 2.45) is 0 Å². The van der Waals surface area contributed by atoms with Crippen LogP contribution in [-0.2, 0) is 0 Å². The molecule has 0 unspecified atom stereocenters. The van der Waals surface area contributed by atoms with E-state index in [0.717, 1.165) is 25.9 Å². The minimum absolute atomic E-state index is 0.0816. The predicted octanol–water partition coefficient (Wildman–Crippen LogP) is 3.89. The zero-order chi connectivity index (χ0) is 13.0. The molecule has 1 heterocycles. The molecule has 0 atom stereocenters. The lowest BCUT2D eigenvalue weighted by atomic mass is 10.1. The van der Waals surface area contributed by atoms with Gasteiger partial charge in [-0.2, -0.15) is 0 Å². The molecule has 4 heteroatoms. The van der Waals surface area contributed by atoms with Crippen LogP contribution in [0.2, 0.25) is 5.02 Å². The van der Waals surface area contributed by atoms with E-state index in [0.29, 0.717) is 5.56 Å². The molecule has 1 aromatic carbocycles. The van der Waals surface area contributed by atoms with Gasteiger partial charge < -0.3 is 4.90 Å². The average molecular weight is 270 g/mol. The molecule has 1 saturated heterocycles. The third kappa shape index (κ3) is 3.22. The Hall–Kier alpha value is -1.09. The SMILES string of the molecule is O=C(c1ccc(F)cc1Cl)N1CCCCCCC1. The largest absolute Gasteiger partial charge is 0.339 e. The van der Waals surface area contributed by atoms with Gasteiger partial charge in [0.25, 0.3) is 5.91 Å². The molecule has 0 radical (unpaired) electrons. The smallest absolute Gasteiger partial charge is 0.255 e. The molecule has 0 aromatic heterocycles. The van der Waals surface area contributed by atoms with Gasteiger partial charge in [0.05, 0.1) is 10.6 Å². The Morgan fingerprint density at radius 1 is 1.11 bits per heavy atom. The Balaban J connectivity index is 2.13. The van der Waals surface area contributed by atoms with Gasteiger partial charge >= 0.3 is 0 Å². The number of likely N-dealkylation sites (tertiary alicyclic amines) is 1. The highest BCUT2D eigenvalue weighted by molar-refractivity contribution is 6.33. The van der Waals surface area contributed by atoms with Crippen LogP contribution in [0.3, 0.4) is 0 Å². The van der Waals surface area contributed by atoms with Crippen molar-refractivity contribution in [2.45, 2.75) is 32.1 Å². The number of hydrogen-bond donors (Lipinski definition) is 0. The van der Waals surface area contributed by atoms with E-state index in [-0.39, 0.29) is 10.9 Å². The van der Waals surface area contributed by atoms with Crippen LogP contribution in [0.4, 0.5) is 4.39 Å². The Bertz CT molecular complexity index is 428. The number of hydrogen-bond acceptors (Lipinski definition) is 1. The number of carbonyl (C=O) groups is 1. The highest BCUT2D eigenvalue weighted by Gasteiger charge is 2.19. The zero-order valence-electron chi connectivity index (χ0n) is 10.3. The summed E-state index contributed by atoms with van der Waals surface area (Å²) in [6.07, 6.45) is 5.65. The van der Waals surface area contributed by atoms with Crippen molar-refractivity contribution in [3.63, 3.8) is 0 Å². The van der Waals surface area contributed by atoms with Gasteiger partial charge in [-0.25, -0.2) is 4.39 Å². The molecular weight excluding hydrogens is 253 g/mol. The van der Waals surface area contributed by atoms with Crippen LogP contribution in [0.5, 0.6) is 0 Å². The van der Waals surface area contributed by atoms with Gasteiger partial charge in [-0.3, -0.25) is 4.79 Å². The molecule has 0 saturated carbocycles. The summed E-state index contributed by atoms with van der Waals surface area (Å²) in [5, 5.41) is 0.196. The quantitative estimate of drug-likeness (QED) is 0.757. The molecule has 2 nitrogen and oxygen atoms in total. The van der Waals surface area contributed by atoms with Gasteiger partial charge in [0.15, 0.2) is 0 Å². The van der Waals surface area contributed by atoms with Crippen molar-refractivity contribution >= 4 is 17.5 Å². The molecule has 0 bridgehead atoms. The van der Waals surface area contributed by atoms with Crippen molar-refractivity contribution in [3.8, 4) is 0 Å². The third-order valence-corrected chi connectivity index (χ3v) is 3.62. The lowest BCUT2D eigenvalue weighted by molar-refractivity contribution is 0.0742. The van der Waals surface area contributed by atoms with Crippen LogP contribution < -0.4 is 0 Å². The lowest BCUT2D eigenvalue weighted by Gasteiger charge is -2.25. The molecule has 1 amide bonds. The van der Waals surface area contributed by atoms with E-state index in [1.165, 1.54) is 37.5 Å². The zero-order valence-corrected chi connectivity index (χ0v) is 11.0. The lowest BCUT2D eigenvalue weighted by Crippen LogP contribution is -2.34. The fraction of sp³-hybridized carbons (Fsp3) is 0.500. The standard InChI is InChI=1S/C14H17ClFNO/c15-13-10-11(16)6-7-12(13)14(18)17-8-4-2-1-3-5-9-17/h6-7,10H,1-5,8-9H2. The Morgan fingerprint density at radius 2 is 1.72 bits per heavy atom. The van der Waals surface area contributed by atoms with Crippen molar-refractivity contribution in [1.82, 2.24) is 4.90 Å². The summed E-state index contributed by atoms with van der Waals surface area (Å²) in [4.78, 5) is 14.1. The van der Waals surface area contributed by atoms with Crippen LogP contribution in [0.15, 0.2) is 18.2 Å². The molecule has 1 fully saturated rings. The van der Waals surface area contributed by atoms with Crippen LogP contribution in [0.25, 0.3) is 0 Å². The van der Waals surface area contributed by atoms with Gasteiger partial charge in [-0.05, 0) is 31.0 Å². The first-order valence-electron chi connectivity index (χ1n) is 6.43. The van der Waals surface area contributed by atoms with Gasteiger partial charge in [-0.15, -0.1) is 0 Å². The van der Waals surface area contributed by atoms with Crippen LogP contribution in [-0.4, -0.2) is 23.9 Å². The maximum Gasteiger partial charge on any atom is 0.255 e. The van der Waals surface area contributed by atoms with E-state index in [2.05, 4.69) is 0 Å². The second kappa shape index (κ2) is 6.19. The highest BCUT2D eigenvalue weighted by Crippen LogP contribution is 2.20. The molecule has 1 aromatic rings. The maximum atomic E-state index is 13.0. The van der Waals surface area contributed by atoms with Crippen molar-refractivity contribution < 1.29 is 9.18 Å². The summed E-state index contributed by atoms with van der Waals surface area (Å²) in [5.41, 5.74) is 0.402. The third-order valence-electron chi connectivity index (χ3n) is 3.30. The summed E-state index contributed by atoms with van der Waals surface area (Å²) in [6.45, 7) is 1.54. The Morgan fingerprint density at radius 3 is 2.33 bits per heavy atom. The first kappa shape index (κ1) is 13.3. The van der Waals surface area contributed by atoms with Crippen LogP contribution in [0.1, 0.15) is 42.5 Å². The van der Waals surface area contributed by atoms with Crippen molar-refractivity contribution in [2.75, 3.05) is 13.1 Å². The predicted molar refractivity (Wildman–Crippen MR) is 70.4 cm³/mol. The van der Waals surface area contributed by atoms with Crippen molar-refractivity contribution in [3.05, 3.63) is 34.6 Å². The fourth-order valence-electron chi connectivity index (χ4n) is 2.28. The molecule has 18 heavy (non-hydrogen) atoms. The molecular formula is C14H17ClFNO. The van der Waals surface area contributed by atoms with E-state index < -0.39 is 5.82 Å². The van der Waals surface area contributed by atoms with Gasteiger partial charge in [-0.1, -0.05) is 30.9 Å². The molecule has 2 rings (SSSR count). The van der Waals surface area contributed by atoms with Crippen LogP contribution >= 0.6 is 11.6 Å². The normalized spacial score (nSPS) is 17.1. The molecule has 0 N–H and O–H groups in total. The topological polar surface area (TPSA) is 20.3 Å². The monoisotopic (exact) mass is 269 g/mol. The number of benzene rings is 1. The number of rotatable bonds is 1. The molecule has 0 spiro atoms. The average Bonchev–Trinajstić information content (AvgIpc) is 2.27. The number of halogens is 2. The second-order valence-corrected chi connectivity index (χ2v) is 5.09. The van der Waals surface area contributed by atoms with E-state index >= 15 is 0 Å². The van der Waals surface area contributed by atoms with E-state index in [4.69, 9.17) is 11.6 Å². The minimum Gasteiger partial charge on any atom is -0.339 e. The maximum absolute atomic E-state index is 13.0. The summed E-state index contributed by atoms with van der Waals surface area (Å²) >= 11 is 5.93.